The average Bonchev–Trinajstić information content (AvgIpc) is 2.45. The van der Waals surface area contributed by atoms with Gasteiger partial charge in [-0.3, -0.25) is 4.79 Å². The Morgan fingerprint density at radius 2 is 1.95 bits per heavy atom. The summed E-state index contributed by atoms with van der Waals surface area (Å²) >= 11 is 5.96. The zero-order valence-electron chi connectivity index (χ0n) is 10.9. The van der Waals surface area contributed by atoms with Crippen molar-refractivity contribution in [3.8, 4) is 0 Å². The summed E-state index contributed by atoms with van der Waals surface area (Å²) in [6, 6.07) is 7.25. The highest BCUT2D eigenvalue weighted by Crippen LogP contribution is 2.20. The van der Waals surface area contributed by atoms with Crippen molar-refractivity contribution in [2.75, 3.05) is 37.6 Å². The number of aliphatic carboxylic acids is 1. The average molecular weight is 298 g/mol. The number of carbonyl (C=O) groups excluding carboxylic acids is 1. The normalized spacial score (nSPS) is 15.1. The lowest BCUT2D eigenvalue weighted by molar-refractivity contribution is -0.135. The van der Waals surface area contributed by atoms with Crippen molar-refractivity contribution >= 4 is 29.3 Å². The number of benzene rings is 1. The van der Waals surface area contributed by atoms with Gasteiger partial charge in [-0.25, -0.2) is 4.79 Å². The van der Waals surface area contributed by atoms with E-state index in [0.717, 1.165) is 5.69 Å². The van der Waals surface area contributed by atoms with Gasteiger partial charge in [0.2, 0.25) is 0 Å². The van der Waals surface area contributed by atoms with Crippen LogP contribution < -0.4 is 10.2 Å². The van der Waals surface area contributed by atoms with E-state index in [0.29, 0.717) is 31.2 Å². The molecule has 0 unspecified atom stereocenters. The maximum absolute atomic E-state index is 11.7. The van der Waals surface area contributed by atoms with Crippen molar-refractivity contribution in [2.45, 2.75) is 0 Å². The molecule has 0 spiro atoms. The quantitative estimate of drug-likeness (QED) is 0.881. The first-order valence-corrected chi connectivity index (χ1v) is 6.69. The molecule has 1 aliphatic heterocycles. The first kappa shape index (κ1) is 14.5. The highest BCUT2D eigenvalue weighted by Gasteiger charge is 2.21. The minimum atomic E-state index is -1.05. The van der Waals surface area contributed by atoms with Crippen LogP contribution >= 0.6 is 11.6 Å². The highest BCUT2D eigenvalue weighted by molar-refractivity contribution is 6.30. The molecule has 1 heterocycles. The van der Waals surface area contributed by atoms with Gasteiger partial charge in [0.25, 0.3) is 0 Å². The third-order valence-electron chi connectivity index (χ3n) is 3.13. The van der Waals surface area contributed by atoms with Crippen molar-refractivity contribution in [1.82, 2.24) is 10.2 Å². The Labute approximate surface area is 121 Å². The summed E-state index contributed by atoms with van der Waals surface area (Å²) < 4.78 is 0. The second-order valence-electron chi connectivity index (χ2n) is 4.51. The Morgan fingerprint density at radius 1 is 1.25 bits per heavy atom. The van der Waals surface area contributed by atoms with Crippen molar-refractivity contribution in [2.24, 2.45) is 0 Å². The Hall–Kier alpha value is -1.95. The number of carbonyl (C=O) groups is 2. The lowest BCUT2D eigenvalue weighted by Crippen LogP contribution is -2.52. The van der Waals surface area contributed by atoms with Crippen molar-refractivity contribution in [1.29, 1.82) is 0 Å². The largest absolute Gasteiger partial charge is 0.480 e. The molecule has 1 aliphatic rings. The summed E-state index contributed by atoms with van der Waals surface area (Å²) in [5.74, 6) is -1.05. The number of nitrogens with one attached hydrogen (secondary N) is 1. The van der Waals surface area contributed by atoms with E-state index < -0.39 is 5.97 Å². The lowest BCUT2D eigenvalue weighted by atomic mass is 10.2. The molecule has 0 bridgehead atoms. The maximum Gasteiger partial charge on any atom is 0.323 e. The molecule has 2 N–H and O–H groups in total. The first-order chi connectivity index (χ1) is 9.56. The summed E-state index contributed by atoms with van der Waals surface area (Å²) in [6.45, 7) is 2.14. The van der Waals surface area contributed by atoms with Crippen LogP contribution in [0.15, 0.2) is 24.3 Å². The van der Waals surface area contributed by atoms with Crippen LogP contribution in [0.4, 0.5) is 10.5 Å². The van der Waals surface area contributed by atoms with Gasteiger partial charge in [-0.15, -0.1) is 0 Å². The Balaban J connectivity index is 1.86. The monoisotopic (exact) mass is 297 g/mol. The van der Waals surface area contributed by atoms with Gasteiger partial charge in [0.1, 0.15) is 6.54 Å². The van der Waals surface area contributed by atoms with Crippen LogP contribution in [0.3, 0.4) is 0 Å². The third-order valence-corrected chi connectivity index (χ3v) is 3.37. The van der Waals surface area contributed by atoms with E-state index in [2.05, 4.69) is 10.2 Å². The van der Waals surface area contributed by atoms with E-state index in [4.69, 9.17) is 16.7 Å². The molecule has 0 aromatic heterocycles. The number of carboxylic acid groups (broad SMARTS) is 1. The molecule has 0 saturated carbocycles. The second kappa shape index (κ2) is 6.47. The summed E-state index contributed by atoms with van der Waals surface area (Å²) in [4.78, 5) is 25.9. The standard InChI is InChI=1S/C13H16ClN3O3/c14-10-2-1-3-11(8-10)16-4-6-17(7-5-16)13(20)15-9-12(18)19/h1-3,8H,4-7,9H2,(H,15,20)(H,18,19). The zero-order valence-corrected chi connectivity index (χ0v) is 11.6. The number of carboxylic acids is 1. The topological polar surface area (TPSA) is 72.9 Å². The van der Waals surface area contributed by atoms with Crippen molar-refractivity contribution in [3.63, 3.8) is 0 Å². The molecule has 6 nitrogen and oxygen atoms in total. The summed E-state index contributed by atoms with van der Waals surface area (Å²) in [5, 5.41) is 11.6. The SMILES string of the molecule is O=C(O)CNC(=O)N1CCN(c2cccc(Cl)c2)CC1. The molecule has 0 atom stereocenters. The van der Waals surface area contributed by atoms with Crippen LogP contribution in [0.25, 0.3) is 0 Å². The fourth-order valence-corrected chi connectivity index (χ4v) is 2.29. The number of anilines is 1. The Morgan fingerprint density at radius 3 is 2.55 bits per heavy atom. The molecule has 2 rings (SSSR count). The fourth-order valence-electron chi connectivity index (χ4n) is 2.10. The van der Waals surface area contributed by atoms with Gasteiger partial charge in [0.15, 0.2) is 0 Å². The molecule has 20 heavy (non-hydrogen) atoms. The van der Waals surface area contributed by atoms with Gasteiger partial charge < -0.3 is 20.2 Å². The Kier molecular flexibility index (Phi) is 4.68. The van der Waals surface area contributed by atoms with Gasteiger partial charge in [0, 0.05) is 36.9 Å². The molecule has 1 fully saturated rings. The van der Waals surface area contributed by atoms with Gasteiger partial charge in [-0.2, -0.15) is 0 Å². The molecular weight excluding hydrogens is 282 g/mol. The van der Waals surface area contributed by atoms with Crippen LogP contribution in [0.1, 0.15) is 0 Å². The molecule has 1 aromatic rings. The molecule has 1 aromatic carbocycles. The minimum absolute atomic E-state index is 0.335. The number of nitrogens with zero attached hydrogens (tertiary/aromatic N) is 2. The summed E-state index contributed by atoms with van der Waals surface area (Å²) in [5.41, 5.74) is 1.03. The smallest absolute Gasteiger partial charge is 0.323 e. The van der Waals surface area contributed by atoms with Gasteiger partial charge in [-0.05, 0) is 18.2 Å². The second-order valence-corrected chi connectivity index (χ2v) is 4.94. The molecule has 7 heteroatoms. The third kappa shape index (κ3) is 3.77. The van der Waals surface area contributed by atoms with Gasteiger partial charge in [0.05, 0.1) is 0 Å². The number of urea groups is 1. The predicted octanol–water partition coefficient (Wildman–Crippen LogP) is 1.26. The minimum Gasteiger partial charge on any atom is -0.480 e. The number of amides is 2. The number of rotatable bonds is 3. The van der Waals surface area contributed by atoms with E-state index in [-0.39, 0.29) is 12.6 Å². The first-order valence-electron chi connectivity index (χ1n) is 6.31. The fraction of sp³-hybridized carbons (Fsp3) is 0.385. The number of hydrogen-bond acceptors (Lipinski definition) is 3. The molecule has 1 saturated heterocycles. The van der Waals surface area contributed by atoms with E-state index >= 15 is 0 Å². The summed E-state index contributed by atoms with van der Waals surface area (Å²) in [7, 11) is 0. The van der Waals surface area contributed by atoms with Crippen LogP contribution in [-0.4, -0.2) is 54.7 Å². The highest BCUT2D eigenvalue weighted by atomic mass is 35.5. The van der Waals surface area contributed by atoms with Crippen LogP contribution in [-0.2, 0) is 4.79 Å². The Bertz CT molecular complexity index is 501. The van der Waals surface area contributed by atoms with E-state index in [1.54, 1.807) is 4.90 Å². The molecule has 108 valence electrons. The van der Waals surface area contributed by atoms with Crippen molar-refractivity contribution < 1.29 is 14.7 Å². The molecular formula is C13H16ClN3O3. The zero-order chi connectivity index (χ0) is 14.5. The van der Waals surface area contributed by atoms with Gasteiger partial charge >= 0.3 is 12.0 Å². The van der Waals surface area contributed by atoms with Crippen LogP contribution in [0.2, 0.25) is 5.02 Å². The predicted molar refractivity (Wildman–Crippen MR) is 76.3 cm³/mol. The number of hydrogen-bond donors (Lipinski definition) is 2. The summed E-state index contributed by atoms with van der Waals surface area (Å²) in [6.07, 6.45) is 0. The molecule has 0 radical (unpaired) electrons. The van der Waals surface area contributed by atoms with Gasteiger partial charge in [-0.1, -0.05) is 17.7 Å². The maximum atomic E-state index is 11.7. The molecule has 2 amide bonds. The molecule has 0 aliphatic carbocycles. The van der Waals surface area contributed by atoms with Crippen LogP contribution in [0, 0.1) is 0 Å². The van der Waals surface area contributed by atoms with E-state index in [1.807, 2.05) is 24.3 Å². The van der Waals surface area contributed by atoms with E-state index in [9.17, 15) is 9.59 Å². The van der Waals surface area contributed by atoms with Crippen molar-refractivity contribution in [3.05, 3.63) is 29.3 Å². The van der Waals surface area contributed by atoms with Crippen LogP contribution in [0.5, 0.6) is 0 Å². The van der Waals surface area contributed by atoms with E-state index in [1.165, 1.54) is 0 Å². The number of piperazine rings is 1. The lowest BCUT2D eigenvalue weighted by Gasteiger charge is -2.36. The number of halogens is 1.